The van der Waals surface area contributed by atoms with Crippen molar-refractivity contribution in [3.8, 4) is 0 Å². The highest BCUT2D eigenvalue weighted by Crippen LogP contribution is 2.15. The summed E-state index contributed by atoms with van der Waals surface area (Å²) in [5, 5.41) is 11.1. The predicted octanol–water partition coefficient (Wildman–Crippen LogP) is 2.98. The average molecular weight is 198 g/mol. The van der Waals surface area contributed by atoms with E-state index in [9.17, 15) is 0 Å². The lowest BCUT2D eigenvalue weighted by Gasteiger charge is -1.99. The first-order valence-electron chi connectivity index (χ1n) is 3.49. The van der Waals surface area contributed by atoms with Gasteiger partial charge in [-0.2, -0.15) is 0 Å². The maximum absolute atomic E-state index is 8.11. The third kappa shape index (κ3) is 6.97. The Labute approximate surface area is 78.4 Å². The van der Waals surface area contributed by atoms with Crippen LogP contribution in [0.15, 0.2) is 48.1 Å². The molecule has 0 aliphatic heterocycles. The largest absolute Gasteiger partial charge is 0.379 e. The minimum Gasteiger partial charge on any atom is -0.379 e. The monoisotopic (exact) mass is 198 g/mol. The van der Waals surface area contributed by atoms with Crippen LogP contribution in [0.4, 0.5) is 5.69 Å². The van der Waals surface area contributed by atoms with Crippen LogP contribution >= 0.6 is 8.73 Å². The number of para-hydroxylation sites is 1. The standard InChI is InChI=1S/C8H10NP.HNO2/c1-2-10-9-8-6-4-3-5-7-8;2-1-3/h2-7,9-10H,1H2;(H,2,3). The Kier molecular flexibility index (Phi) is 7.74. The number of nitrogens with zero attached hydrogens (tertiary/aromatic N) is 1. The molecule has 13 heavy (non-hydrogen) atoms. The molecule has 4 nitrogen and oxygen atoms in total. The van der Waals surface area contributed by atoms with Gasteiger partial charge in [0.1, 0.15) is 0 Å². The van der Waals surface area contributed by atoms with Crippen molar-refractivity contribution in [1.29, 1.82) is 0 Å². The quantitative estimate of drug-likeness (QED) is 0.446. The molecule has 0 bridgehead atoms. The Hall–Kier alpha value is -1.41. The summed E-state index contributed by atoms with van der Waals surface area (Å²) in [5.41, 5.74) is 1.15. The van der Waals surface area contributed by atoms with E-state index in [1.54, 1.807) is 0 Å². The normalized spacial score (nSPS) is 8.62. The van der Waals surface area contributed by atoms with Crippen molar-refractivity contribution in [3.63, 3.8) is 0 Å². The second-order valence-electron chi connectivity index (χ2n) is 1.92. The zero-order chi connectivity index (χ0) is 9.94. The molecule has 0 spiro atoms. The van der Waals surface area contributed by atoms with Crippen molar-refractivity contribution in [1.82, 2.24) is 0 Å². The Balaban J connectivity index is 0.000000424. The fraction of sp³-hybridized carbons (Fsp3) is 0. The lowest BCUT2D eigenvalue weighted by Crippen LogP contribution is -1.78. The molecular weight excluding hydrogens is 187 g/mol. The van der Waals surface area contributed by atoms with Gasteiger partial charge in [-0.05, 0) is 20.9 Å². The number of nitrogens with one attached hydrogen (secondary N) is 1. The molecule has 1 aromatic rings. The van der Waals surface area contributed by atoms with E-state index >= 15 is 0 Å². The maximum Gasteiger partial charge on any atom is 0.152 e. The van der Waals surface area contributed by atoms with E-state index in [0.29, 0.717) is 8.73 Å². The summed E-state index contributed by atoms with van der Waals surface area (Å²) in [7, 11) is 0.606. The van der Waals surface area contributed by atoms with Gasteiger partial charge in [0, 0.05) is 5.69 Å². The summed E-state index contributed by atoms with van der Waals surface area (Å²) >= 11 is 0. The minimum atomic E-state index is 0.606. The van der Waals surface area contributed by atoms with Crippen LogP contribution in [0.5, 0.6) is 0 Å². The Morgan fingerprint density at radius 2 is 2.00 bits per heavy atom. The van der Waals surface area contributed by atoms with Gasteiger partial charge in [0.25, 0.3) is 0 Å². The van der Waals surface area contributed by atoms with Crippen molar-refractivity contribution in [2.45, 2.75) is 0 Å². The minimum absolute atomic E-state index is 0.606. The summed E-state index contributed by atoms with van der Waals surface area (Å²) in [6, 6.07) is 10.1. The molecule has 1 rings (SSSR count). The molecule has 0 saturated carbocycles. The lowest BCUT2D eigenvalue weighted by molar-refractivity contribution is 0.312. The first kappa shape index (κ1) is 11.6. The number of hydrogen-bond donors (Lipinski definition) is 2. The molecule has 0 amide bonds. The molecule has 1 unspecified atom stereocenters. The highest BCUT2D eigenvalue weighted by molar-refractivity contribution is 7.43. The van der Waals surface area contributed by atoms with Crippen LogP contribution < -0.4 is 5.09 Å². The third-order valence-corrected chi connectivity index (χ3v) is 1.73. The summed E-state index contributed by atoms with van der Waals surface area (Å²) < 4.78 is 0. The fourth-order valence-corrected chi connectivity index (χ4v) is 1.09. The van der Waals surface area contributed by atoms with Gasteiger partial charge in [0.05, 0.1) is 0 Å². The van der Waals surface area contributed by atoms with Crippen LogP contribution in [-0.2, 0) is 0 Å². The number of anilines is 1. The summed E-state index contributed by atoms with van der Waals surface area (Å²) in [4.78, 5) is 8.11. The van der Waals surface area contributed by atoms with Crippen LogP contribution in [0.1, 0.15) is 0 Å². The third-order valence-electron chi connectivity index (χ3n) is 1.09. The lowest BCUT2D eigenvalue weighted by atomic mass is 10.3. The van der Waals surface area contributed by atoms with Gasteiger partial charge >= 0.3 is 0 Å². The second kappa shape index (κ2) is 8.68. The fourth-order valence-electron chi connectivity index (χ4n) is 0.656. The Morgan fingerprint density at radius 1 is 1.46 bits per heavy atom. The van der Waals surface area contributed by atoms with Crippen LogP contribution in [0.3, 0.4) is 0 Å². The van der Waals surface area contributed by atoms with E-state index in [1.165, 1.54) is 5.34 Å². The Bertz CT molecular complexity index is 241. The molecule has 1 aromatic carbocycles. The highest BCUT2D eigenvalue weighted by atomic mass is 31.1. The highest BCUT2D eigenvalue weighted by Gasteiger charge is 1.82. The molecule has 70 valence electrons. The van der Waals surface area contributed by atoms with Crippen LogP contribution in [0.2, 0.25) is 0 Å². The van der Waals surface area contributed by atoms with Crippen LogP contribution in [0.25, 0.3) is 0 Å². The summed E-state index contributed by atoms with van der Waals surface area (Å²) in [6.07, 6.45) is 0. The molecule has 2 N–H and O–H groups in total. The first-order valence-corrected chi connectivity index (χ1v) is 4.57. The topological polar surface area (TPSA) is 61.7 Å². The second-order valence-corrected chi connectivity index (χ2v) is 2.87. The van der Waals surface area contributed by atoms with Crippen molar-refractivity contribution in [2.24, 2.45) is 5.34 Å². The van der Waals surface area contributed by atoms with Crippen LogP contribution in [0, 0.1) is 4.91 Å². The van der Waals surface area contributed by atoms with Gasteiger partial charge in [0.15, 0.2) is 5.34 Å². The molecule has 0 saturated heterocycles. The van der Waals surface area contributed by atoms with Gasteiger partial charge in [0.2, 0.25) is 0 Å². The van der Waals surface area contributed by atoms with Gasteiger partial charge in [-0.25, -0.2) is 0 Å². The smallest absolute Gasteiger partial charge is 0.152 e. The van der Waals surface area contributed by atoms with Crippen molar-refractivity contribution < 1.29 is 5.21 Å². The molecule has 0 radical (unpaired) electrons. The van der Waals surface area contributed by atoms with E-state index in [2.05, 4.69) is 11.7 Å². The molecule has 0 aromatic heterocycles. The molecule has 5 heteroatoms. The average Bonchev–Trinajstić information content (AvgIpc) is 2.18. The summed E-state index contributed by atoms with van der Waals surface area (Å²) in [6.45, 7) is 3.63. The van der Waals surface area contributed by atoms with Gasteiger partial charge in [-0.1, -0.05) is 30.6 Å². The van der Waals surface area contributed by atoms with Gasteiger partial charge in [-0.3, -0.25) is 0 Å². The van der Waals surface area contributed by atoms with E-state index in [4.69, 9.17) is 10.1 Å². The predicted molar refractivity (Wildman–Crippen MR) is 56.2 cm³/mol. The van der Waals surface area contributed by atoms with Crippen molar-refractivity contribution >= 4 is 14.4 Å². The molecule has 0 fully saturated rings. The summed E-state index contributed by atoms with van der Waals surface area (Å²) in [5.74, 6) is 1.87. The molecule has 0 aliphatic carbocycles. The molecule has 0 aliphatic rings. The number of hydrogen-bond acceptors (Lipinski definition) is 3. The SMILES string of the molecule is C=CPNc1ccccc1.O=NO. The Morgan fingerprint density at radius 3 is 2.46 bits per heavy atom. The first-order chi connectivity index (χ1) is 6.35. The van der Waals surface area contributed by atoms with E-state index in [-0.39, 0.29) is 0 Å². The van der Waals surface area contributed by atoms with E-state index in [1.807, 2.05) is 36.1 Å². The van der Waals surface area contributed by atoms with Crippen LogP contribution in [-0.4, -0.2) is 5.21 Å². The van der Waals surface area contributed by atoms with E-state index in [0.717, 1.165) is 5.69 Å². The zero-order valence-electron chi connectivity index (χ0n) is 6.97. The van der Waals surface area contributed by atoms with Gasteiger partial charge in [-0.15, -0.1) is 4.91 Å². The maximum atomic E-state index is 8.11. The van der Waals surface area contributed by atoms with Gasteiger partial charge < -0.3 is 10.3 Å². The van der Waals surface area contributed by atoms with Crippen molar-refractivity contribution in [3.05, 3.63) is 47.6 Å². The number of rotatable bonds is 3. The molecule has 0 heterocycles. The number of benzene rings is 1. The van der Waals surface area contributed by atoms with Crippen molar-refractivity contribution in [2.75, 3.05) is 5.09 Å². The molecular formula is C8H11N2O2P. The van der Waals surface area contributed by atoms with E-state index < -0.39 is 0 Å². The molecule has 1 atom stereocenters. The zero-order valence-corrected chi connectivity index (χ0v) is 7.97.